The average molecular weight is 329 g/mol. The van der Waals surface area contributed by atoms with Gasteiger partial charge in [-0.05, 0) is 37.5 Å². The molecule has 3 aliphatic rings. The van der Waals surface area contributed by atoms with E-state index in [1.165, 1.54) is 0 Å². The van der Waals surface area contributed by atoms with E-state index in [0.29, 0.717) is 17.4 Å². The smallest absolute Gasteiger partial charge is 0.336 e. The molecule has 0 aromatic carbocycles. The Labute approximate surface area is 122 Å². The van der Waals surface area contributed by atoms with Crippen molar-refractivity contribution in [3.8, 4) is 0 Å². The second kappa shape index (κ2) is 4.32. The van der Waals surface area contributed by atoms with Crippen LogP contribution in [0.5, 0.6) is 0 Å². The number of hydrogen-bond acceptors (Lipinski definition) is 3. The minimum absolute atomic E-state index is 0.159. The molecule has 1 unspecified atom stereocenters. The quantitative estimate of drug-likeness (QED) is 0.506. The molecule has 19 heavy (non-hydrogen) atoms. The number of carbonyl (C=O) groups excluding carboxylic acids is 1. The number of alkyl halides is 1. The van der Waals surface area contributed by atoms with Crippen molar-refractivity contribution in [1.29, 1.82) is 0 Å². The summed E-state index contributed by atoms with van der Waals surface area (Å²) in [5.74, 6) is 0.226. The maximum atomic E-state index is 11.7. The summed E-state index contributed by atoms with van der Waals surface area (Å²) in [5.41, 5.74) is 0.731. The van der Waals surface area contributed by atoms with Crippen LogP contribution in [0, 0.1) is 11.3 Å². The van der Waals surface area contributed by atoms with Gasteiger partial charge in [-0.3, -0.25) is 0 Å². The predicted molar refractivity (Wildman–Crippen MR) is 76.2 cm³/mol. The zero-order valence-corrected chi connectivity index (χ0v) is 13.3. The Morgan fingerprint density at radius 2 is 2.11 bits per heavy atom. The highest BCUT2D eigenvalue weighted by Crippen LogP contribution is 2.54. The molecular formula is C15H21BrO3. The molecule has 1 saturated carbocycles. The van der Waals surface area contributed by atoms with Gasteiger partial charge in [0.15, 0.2) is 0 Å². The Bertz CT molecular complexity index is 443. The second-order valence-electron chi connectivity index (χ2n) is 6.79. The summed E-state index contributed by atoms with van der Waals surface area (Å²) in [6.45, 7) is 7.19. The van der Waals surface area contributed by atoms with E-state index in [1.54, 1.807) is 0 Å². The summed E-state index contributed by atoms with van der Waals surface area (Å²) >= 11 is 3.83. The molecule has 0 aromatic rings. The number of hydrogen-bond donors (Lipinski definition) is 0. The topological polar surface area (TPSA) is 35.5 Å². The first-order valence-corrected chi connectivity index (χ1v) is 7.95. The lowest BCUT2D eigenvalue weighted by Gasteiger charge is -2.52. The lowest BCUT2D eigenvalue weighted by molar-refractivity contribution is -0.152. The van der Waals surface area contributed by atoms with Crippen LogP contribution >= 0.6 is 15.9 Å². The van der Waals surface area contributed by atoms with Gasteiger partial charge in [-0.2, -0.15) is 0 Å². The van der Waals surface area contributed by atoms with Crippen molar-refractivity contribution < 1.29 is 14.3 Å². The van der Waals surface area contributed by atoms with Gasteiger partial charge in [-0.1, -0.05) is 35.9 Å². The maximum Gasteiger partial charge on any atom is 0.336 e. The molecule has 2 aliphatic heterocycles. The molecule has 2 heterocycles. The molecule has 3 nitrogen and oxygen atoms in total. The van der Waals surface area contributed by atoms with Crippen LogP contribution in [0.25, 0.3) is 0 Å². The van der Waals surface area contributed by atoms with Crippen molar-refractivity contribution in [2.45, 2.75) is 56.6 Å². The molecule has 0 N–H and O–H groups in total. The summed E-state index contributed by atoms with van der Waals surface area (Å²) in [4.78, 5) is 12.2. The first-order chi connectivity index (χ1) is 8.84. The van der Waals surface area contributed by atoms with Crippen LogP contribution in [0.3, 0.4) is 0 Å². The van der Waals surface area contributed by atoms with Gasteiger partial charge in [0.05, 0.1) is 11.2 Å². The highest BCUT2D eigenvalue weighted by atomic mass is 79.9. The Morgan fingerprint density at radius 1 is 1.37 bits per heavy atom. The fraction of sp³-hybridized carbons (Fsp3) is 0.800. The summed E-state index contributed by atoms with van der Waals surface area (Å²) in [6, 6.07) is 0. The molecule has 0 amide bonds. The van der Waals surface area contributed by atoms with Crippen LogP contribution in [-0.2, 0) is 14.3 Å². The molecule has 0 bridgehead atoms. The number of carbonyl (C=O) groups is 1. The van der Waals surface area contributed by atoms with Gasteiger partial charge in [0.25, 0.3) is 0 Å². The minimum atomic E-state index is -0.194. The highest BCUT2D eigenvalue weighted by molar-refractivity contribution is 9.09. The molecule has 0 spiro atoms. The normalized spacial score (nSPS) is 44.7. The summed E-state index contributed by atoms with van der Waals surface area (Å²) in [7, 11) is 0. The minimum Gasteiger partial charge on any atom is -0.459 e. The van der Waals surface area contributed by atoms with Crippen molar-refractivity contribution in [2.24, 2.45) is 11.3 Å². The standard InChI is InChI=1S/C15H21BrO3/c1-14(2)11-5-4-9-10(8-18-13(9)17)19-15(11,3)7-6-12(14)16/h4,10-12H,5-8H2,1-3H3/t10-,11-,12?,15-/m1/s1. The molecule has 1 saturated heterocycles. The maximum absolute atomic E-state index is 11.7. The van der Waals surface area contributed by atoms with Gasteiger partial charge < -0.3 is 9.47 Å². The van der Waals surface area contributed by atoms with Crippen LogP contribution in [0.4, 0.5) is 0 Å². The van der Waals surface area contributed by atoms with E-state index in [0.717, 1.165) is 24.8 Å². The zero-order valence-electron chi connectivity index (χ0n) is 11.7. The number of ether oxygens (including phenoxy) is 2. The van der Waals surface area contributed by atoms with Crippen LogP contribution in [0.1, 0.15) is 40.0 Å². The first-order valence-electron chi connectivity index (χ1n) is 7.03. The average Bonchev–Trinajstić information content (AvgIpc) is 2.58. The fourth-order valence-corrected chi connectivity index (χ4v) is 4.54. The largest absolute Gasteiger partial charge is 0.459 e. The predicted octanol–water partition coefficient (Wildman–Crippen LogP) is 3.22. The van der Waals surface area contributed by atoms with Gasteiger partial charge in [-0.15, -0.1) is 0 Å². The van der Waals surface area contributed by atoms with Gasteiger partial charge in [0.1, 0.15) is 12.7 Å². The van der Waals surface area contributed by atoms with Crippen molar-refractivity contribution in [3.05, 3.63) is 11.6 Å². The van der Waals surface area contributed by atoms with E-state index in [1.807, 2.05) is 0 Å². The van der Waals surface area contributed by atoms with Gasteiger partial charge >= 0.3 is 5.97 Å². The monoisotopic (exact) mass is 328 g/mol. The molecule has 0 aromatic heterocycles. The van der Waals surface area contributed by atoms with Crippen molar-refractivity contribution >= 4 is 21.9 Å². The number of esters is 1. The number of halogens is 1. The lowest BCUT2D eigenvalue weighted by atomic mass is 9.60. The van der Waals surface area contributed by atoms with E-state index in [-0.39, 0.29) is 23.1 Å². The van der Waals surface area contributed by atoms with Crippen LogP contribution < -0.4 is 0 Å². The van der Waals surface area contributed by atoms with E-state index in [4.69, 9.17) is 9.47 Å². The van der Waals surface area contributed by atoms with Gasteiger partial charge in [0, 0.05) is 4.83 Å². The van der Waals surface area contributed by atoms with Gasteiger partial charge in [0.2, 0.25) is 0 Å². The number of cyclic esters (lactones) is 1. The Morgan fingerprint density at radius 3 is 2.84 bits per heavy atom. The summed E-state index contributed by atoms with van der Waals surface area (Å²) in [6.07, 6.45) is 4.93. The molecular weight excluding hydrogens is 308 g/mol. The first kappa shape index (κ1) is 13.6. The van der Waals surface area contributed by atoms with E-state index in [9.17, 15) is 4.79 Å². The molecule has 0 radical (unpaired) electrons. The Balaban J connectivity index is 1.97. The highest BCUT2D eigenvalue weighted by Gasteiger charge is 2.54. The molecule has 4 atom stereocenters. The van der Waals surface area contributed by atoms with Crippen LogP contribution in [0.15, 0.2) is 11.6 Å². The van der Waals surface area contributed by atoms with E-state index >= 15 is 0 Å². The third-order valence-electron chi connectivity index (χ3n) is 5.27. The molecule has 3 rings (SSSR count). The zero-order chi connectivity index (χ0) is 13.8. The van der Waals surface area contributed by atoms with Crippen molar-refractivity contribution in [1.82, 2.24) is 0 Å². The summed E-state index contributed by atoms with van der Waals surface area (Å²) in [5, 5.41) is 0. The van der Waals surface area contributed by atoms with Crippen molar-refractivity contribution in [3.63, 3.8) is 0 Å². The second-order valence-corrected chi connectivity index (χ2v) is 7.90. The van der Waals surface area contributed by atoms with Crippen LogP contribution in [-0.4, -0.2) is 29.1 Å². The van der Waals surface area contributed by atoms with Crippen molar-refractivity contribution in [2.75, 3.05) is 6.61 Å². The third kappa shape index (κ3) is 1.99. The number of fused-ring (bicyclic) bond motifs is 2. The molecule has 1 aliphatic carbocycles. The Hall–Kier alpha value is -0.350. The Kier molecular flexibility index (Phi) is 3.10. The van der Waals surface area contributed by atoms with E-state index < -0.39 is 0 Å². The third-order valence-corrected chi connectivity index (χ3v) is 6.91. The van der Waals surface area contributed by atoms with Crippen LogP contribution in [0.2, 0.25) is 0 Å². The van der Waals surface area contributed by atoms with Gasteiger partial charge in [-0.25, -0.2) is 4.79 Å². The molecule has 4 heteroatoms. The van der Waals surface area contributed by atoms with E-state index in [2.05, 4.69) is 42.8 Å². The SMILES string of the molecule is CC1(C)C(Br)CC[C@@]2(C)O[C@@H]3COC(=O)C3=CC[C@H]12. The summed E-state index contributed by atoms with van der Waals surface area (Å²) < 4.78 is 11.5. The lowest BCUT2D eigenvalue weighted by Crippen LogP contribution is -2.53. The number of allylic oxidation sites excluding steroid dienone is 1. The molecule has 106 valence electrons. The molecule has 2 fully saturated rings. The fourth-order valence-electron chi connectivity index (χ4n) is 4.00. The number of rotatable bonds is 0.